The molecule has 0 aromatic carbocycles. The summed E-state index contributed by atoms with van der Waals surface area (Å²) >= 11 is 0. The van der Waals surface area contributed by atoms with Crippen LogP contribution in [-0.4, -0.2) is 36.6 Å². The van der Waals surface area contributed by atoms with E-state index in [1.165, 1.54) is 51.5 Å². The lowest BCUT2D eigenvalue weighted by Crippen LogP contribution is -2.50. The van der Waals surface area contributed by atoms with Crippen LogP contribution < -0.4 is 5.32 Å². The third kappa shape index (κ3) is 3.45. The third-order valence-electron chi connectivity index (χ3n) is 5.03. The first-order chi connectivity index (χ1) is 8.20. The van der Waals surface area contributed by atoms with E-state index in [1.807, 2.05) is 0 Å². The van der Waals surface area contributed by atoms with Crippen molar-refractivity contribution in [1.29, 1.82) is 0 Å². The first-order valence-corrected chi connectivity index (χ1v) is 7.63. The zero-order chi connectivity index (χ0) is 12.3. The molecule has 1 aliphatic carbocycles. The minimum Gasteiger partial charge on any atom is -0.317 e. The van der Waals surface area contributed by atoms with Crippen LogP contribution in [0.25, 0.3) is 0 Å². The molecule has 2 fully saturated rings. The summed E-state index contributed by atoms with van der Waals surface area (Å²) in [6.07, 6.45) is 9.91. The molecule has 0 aromatic heterocycles. The van der Waals surface area contributed by atoms with E-state index in [-0.39, 0.29) is 0 Å². The van der Waals surface area contributed by atoms with Gasteiger partial charge >= 0.3 is 0 Å². The van der Waals surface area contributed by atoms with Crippen molar-refractivity contribution in [3.8, 4) is 0 Å². The van der Waals surface area contributed by atoms with Gasteiger partial charge in [0.1, 0.15) is 0 Å². The minimum absolute atomic E-state index is 0.756. The van der Waals surface area contributed by atoms with Gasteiger partial charge < -0.3 is 5.32 Å². The van der Waals surface area contributed by atoms with Gasteiger partial charge in [0.25, 0.3) is 0 Å². The van der Waals surface area contributed by atoms with Gasteiger partial charge in [-0.05, 0) is 52.0 Å². The molecule has 0 aromatic rings. The van der Waals surface area contributed by atoms with E-state index in [4.69, 9.17) is 0 Å². The van der Waals surface area contributed by atoms with Crippen LogP contribution in [0.3, 0.4) is 0 Å². The molecule has 1 heterocycles. The lowest BCUT2D eigenvalue weighted by atomic mass is 9.94. The standard InChI is InChI=1S/C15H30N2/c1-12-5-4-6-15(8-7-12)17-10-9-14(16-3)11-13(17)2/h12-16H,4-11H2,1-3H3. The second-order valence-corrected chi connectivity index (χ2v) is 6.36. The monoisotopic (exact) mass is 238 g/mol. The number of hydrogen-bond acceptors (Lipinski definition) is 2. The van der Waals surface area contributed by atoms with Gasteiger partial charge in [-0.2, -0.15) is 0 Å². The Kier molecular flexibility index (Phi) is 4.87. The summed E-state index contributed by atoms with van der Waals surface area (Å²) in [5.74, 6) is 0.963. The maximum atomic E-state index is 3.45. The lowest BCUT2D eigenvalue weighted by molar-refractivity contribution is 0.0805. The van der Waals surface area contributed by atoms with Crippen molar-refractivity contribution in [2.24, 2.45) is 5.92 Å². The first-order valence-electron chi connectivity index (χ1n) is 7.63. The predicted molar refractivity (Wildman–Crippen MR) is 74.3 cm³/mol. The SMILES string of the molecule is CNC1CCN(C2CCCC(C)CC2)C(C)C1. The molecular formula is C15H30N2. The van der Waals surface area contributed by atoms with Crippen LogP contribution in [0.1, 0.15) is 58.8 Å². The zero-order valence-electron chi connectivity index (χ0n) is 11.9. The molecule has 2 rings (SSSR count). The Hall–Kier alpha value is -0.0800. The van der Waals surface area contributed by atoms with Crippen LogP contribution in [0.4, 0.5) is 0 Å². The van der Waals surface area contributed by atoms with Crippen LogP contribution >= 0.6 is 0 Å². The number of nitrogens with one attached hydrogen (secondary N) is 1. The number of nitrogens with zero attached hydrogens (tertiary/aromatic N) is 1. The van der Waals surface area contributed by atoms with Gasteiger partial charge in [-0.15, -0.1) is 0 Å². The van der Waals surface area contributed by atoms with Gasteiger partial charge in [0.15, 0.2) is 0 Å². The normalized spacial score (nSPS) is 41.1. The Morgan fingerprint density at radius 2 is 1.82 bits per heavy atom. The molecule has 1 saturated heterocycles. The Labute approximate surface area is 107 Å². The van der Waals surface area contributed by atoms with E-state index in [9.17, 15) is 0 Å². The quantitative estimate of drug-likeness (QED) is 0.744. The molecule has 1 saturated carbocycles. The first kappa shape index (κ1) is 13.4. The summed E-state index contributed by atoms with van der Waals surface area (Å²) in [7, 11) is 2.11. The minimum atomic E-state index is 0.756. The molecule has 4 unspecified atom stereocenters. The highest BCUT2D eigenvalue weighted by Gasteiger charge is 2.30. The maximum absolute atomic E-state index is 3.45. The fraction of sp³-hybridized carbons (Fsp3) is 1.00. The van der Waals surface area contributed by atoms with Crippen molar-refractivity contribution in [1.82, 2.24) is 10.2 Å². The Morgan fingerprint density at radius 1 is 1.00 bits per heavy atom. The fourth-order valence-electron chi connectivity index (χ4n) is 3.79. The smallest absolute Gasteiger partial charge is 0.00982 e. The molecule has 0 bridgehead atoms. The second-order valence-electron chi connectivity index (χ2n) is 6.36. The van der Waals surface area contributed by atoms with Crippen molar-refractivity contribution in [2.45, 2.75) is 76.9 Å². The Bertz CT molecular complexity index is 229. The zero-order valence-corrected chi connectivity index (χ0v) is 11.9. The molecule has 2 aliphatic rings. The highest BCUT2D eigenvalue weighted by atomic mass is 15.2. The molecule has 17 heavy (non-hydrogen) atoms. The summed E-state index contributed by atoms with van der Waals surface area (Å²) in [6, 6.07) is 2.42. The lowest BCUT2D eigenvalue weighted by Gasteiger charge is -2.42. The molecule has 0 amide bonds. The van der Waals surface area contributed by atoms with Crippen molar-refractivity contribution in [2.75, 3.05) is 13.6 Å². The van der Waals surface area contributed by atoms with Gasteiger partial charge in [0, 0.05) is 24.7 Å². The van der Waals surface area contributed by atoms with E-state index < -0.39 is 0 Å². The Balaban J connectivity index is 1.88. The van der Waals surface area contributed by atoms with E-state index in [1.54, 1.807) is 0 Å². The van der Waals surface area contributed by atoms with Crippen LogP contribution in [0, 0.1) is 5.92 Å². The molecule has 4 atom stereocenters. The number of piperidine rings is 1. The molecule has 0 spiro atoms. The van der Waals surface area contributed by atoms with Crippen molar-refractivity contribution >= 4 is 0 Å². The highest BCUT2D eigenvalue weighted by molar-refractivity contribution is 4.87. The van der Waals surface area contributed by atoms with E-state index in [2.05, 4.69) is 31.1 Å². The fourth-order valence-corrected chi connectivity index (χ4v) is 3.79. The summed E-state index contributed by atoms with van der Waals surface area (Å²) in [6.45, 7) is 6.17. The van der Waals surface area contributed by atoms with Crippen LogP contribution in [0.15, 0.2) is 0 Å². The maximum Gasteiger partial charge on any atom is 0.00982 e. The number of rotatable bonds is 2. The van der Waals surface area contributed by atoms with Gasteiger partial charge in [-0.1, -0.05) is 19.8 Å². The molecule has 100 valence electrons. The summed E-state index contributed by atoms with van der Waals surface area (Å²) in [4.78, 5) is 2.81. The van der Waals surface area contributed by atoms with Crippen molar-refractivity contribution in [3.63, 3.8) is 0 Å². The third-order valence-corrected chi connectivity index (χ3v) is 5.03. The number of hydrogen-bond donors (Lipinski definition) is 1. The van der Waals surface area contributed by atoms with Gasteiger partial charge in [0.2, 0.25) is 0 Å². The molecule has 1 aliphatic heterocycles. The average Bonchev–Trinajstić information content (AvgIpc) is 2.54. The van der Waals surface area contributed by atoms with Gasteiger partial charge in [0.05, 0.1) is 0 Å². The summed E-state index contributed by atoms with van der Waals surface area (Å²) < 4.78 is 0. The predicted octanol–water partition coefficient (Wildman–Crippen LogP) is 3.03. The summed E-state index contributed by atoms with van der Waals surface area (Å²) in [5.41, 5.74) is 0. The molecule has 1 N–H and O–H groups in total. The van der Waals surface area contributed by atoms with Gasteiger partial charge in [-0.3, -0.25) is 4.90 Å². The van der Waals surface area contributed by atoms with E-state index >= 15 is 0 Å². The van der Waals surface area contributed by atoms with Crippen molar-refractivity contribution in [3.05, 3.63) is 0 Å². The van der Waals surface area contributed by atoms with Crippen LogP contribution in [-0.2, 0) is 0 Å². The molecule has 2 nitrogen and oxygen atoms in total. The van der Waals surface area contributed by atoms with E-state index in [0.717, 1.165) is 24.0 Å². The second kappa shape index (κ2) is 6.19. The molecule has 0 radical (unpaired) electrons. The topological polar surface area (TPSA) is 15.3 Å². The highest BCUT2D eigenvalue weighted by Crippen LogP contribution is 2.29. The Morgan fingerprint density at radius 3 is 2.53 bits per heavy atom. The van der Waals surface area contributed by atoms with Crippen molar-refractivity contribution < 1.29 is 0 Å². The molecule has 2 heteroatoms. The largest absolute Gasteiger partial charge is 0.317 e. The average molecular weight is 238 g/mol. The molecular weight excluding hydrogens is 208 g/mol. The number of likely N-dealkylation sites (tertiary alicyclic amines) is 1. The van der Waals surface area contributed by atoms with Crippen LogP contribution in [0.5, 0.6) is 0 Å². The summed E-state index contributed by atoms with van der Waals surface area (Å²) in [5, 5.41) is 3.45. The van der Waals surface area contributed by atoms with Crippen LogP contribution in [0.2, 0.25) is 0 Å². The van der Waals surface area contributed by atoms with Gasteiger partial charge in [-0.25, -0.2) is 0 Å². The van der Waals surface area contributed by atoms with E-state index in [0.29, 0.717) is 0 Å².